The lowest BCUT2D eigenvalue weighted by atomic mass is 10.4. The molecule has 16 heavy (non-hydrogen) atoms. The van der Waals surface area contributed by atoms with Crippen molar-refractivity contribution in [3.8, 4) is 12.3 Å². The number of aryl methyl sites for hydroxylation is 1. The first-order valence-corrected chi connectivity index (χ1v) is 4.84. The summed E-state index contributed by atoms with van der Waals surface area (Å²) in [5.74, 6) is 3.78. The molecule has 2 rings (SSSR count). The van der Waals surface area contributed by atoms with Crippen LogP contribution in [0.25, 0.3) is 5.65 Å². The number of H-pyrrole nitrogens is 1. The van der Waals surface area contributed by atoms with Gasteiger partial charge in [-0.2, -0.15) is 5.10 Å². The maximum atomic E-state index is 11.3. The van der Waals surface area contributed by atoms with Crippen LogP contribution in [-0.4, -0.2) is 26.1 Å². The van der Waals surface area contributed by atoms with Crippen LogP contribution in [0.4, 0.5) is 5.82 Å². The summed E-state index contributed by atoms with van der Waals surface area (Å²) < 4.78 is 1.41. The van der Waals surface area contributed by atoms with Crippen LogP contribution >= 0.6 is 0 Å². The quantitative estimate of drug-likeness (QED) is 0.567. The number of fused-ring (bicyclic) bond motifs is 1. The lowest BCUT2D eigenvalue weighted by molar-refractivity contribution is 0.930. The van der Waals surface area contributed by atoms with Gasteiger partial charge in [0.2, 0.25) is 0 Å². The molecule has 2 heterocycles. The molecular formula is C10H11N5O. The molecular weight excluding hydrogens is 206 g/mol. The highest BCUT2D eigenvalue weighted by Crippen LogP contribution is 2.07. The lowest BCUT2D eigenvalue weighted by Crippen LogP contribution is -2.14. The van der Waals surface area contributed by atoms with Gasteiger partial charge >= 0.3 is 5.69 Å². The fraction of sp³-hybridized carbons (Fsp3) is 0.300. The third kappa shape index (κ3) is 1.75. The number of hydrogen-bond donors (Lipinski definition) is 2. The number of aromatic amines is 1. The minimum atomic E-state index is -0.282. The van der Waals surface area contributed by atoms with E-state index in [1.54, 1.807) is 13.0 Å². The van der Waals surface area contributed by atoms with Crippen molar-refractivity contribution in [3.05, 3.63) is 22.4 Å². The Morgan fingerprint density at radius 1 is 1.69 bits per heavy atom. The molecule has 0 aliphatic carbocycles. The van der Waals surface area contributed by atoms with Crippen molar-refractivity contribution in [1.29, 1.82) is 0 Å². The molecule has 0 amide bonds. The van der Waals surface area contributed by atoms with Crippen LogP contribution in [0.15, 0.2) is 10.9 Å². The molecule has 0 saturated carbocycles. The van der Waals surface area contributed by atoms with Crippen molar-refractivity contribution in [1.82, 2.24) is 19.6 Å². The zero-order chi connectivity index (χ0) is 11.5. The van der Waals surface area contributed by atoms with Gasteiger partial charge in [-0.15, -0.1) is 12.3 Å². The highest BCUT2D eigenvalue weighted by atomic mass is 16.1. The Morgan fingerprint density at radius 2 is 2.50 bits per heavy atom. The monoisotopic (exact) mass is 217 g/mol. The third-order valence-electron chi connectivity index (χ3n) is 2.15. The van der Waals surface area contributed by atoms with E-state index in [0.29, 0.717) is 30.3 Å². The average molecular weight is 217 g/mol. The number of rotatable bonds is 3. The van der Waals surface area contributed by atoms with Gasteiger partial charge in [-0.25, -0.2) is 19.3 Å². The van der Waals surface area contributed by atoms with E-state index < -0.39 is 0 Å². The molecule has 0 unspecified atom stereocenters. The minimum absolute atomic E-state index is 0.282. The lowest BCUT2D eigenvalue weighted by Gasteiger charge is -2.04. The average Bonchev–Trinajstić information content (AvgIpc) is 2.61. The fourth-order valence-corrected chi connectivity index (χ4v) is 1.45. The van der Waals surface area contributed by atoms with Crippen LogP contribution in [0.1, 0.15) is 12.2 Å². The van der Waals surface area contributed by atoms with E-state index >= 15 is 0 Å². The van der Waals surface area contributed by atoms with E-state index in [9.17, 15) is 4.79 Å². The van der Waals surface area contributed by atoms with Crippen LogP contribution in [-0.2, 0) is 0 Å². The highest BCUT2D eigenvalue weighted by molar-refractivity contribution is 5.49. The van der Waals surface area contributed by atoms with Crippen molar-refractivity contribution < 1.29 is 0 Å². The zero-order valence-corrected chi connectivity index (χ0v) is 8.82. The summed E-state index contributed by atoms with van der Waals surface area (Å²) >= 11 is 0. The Kier molecular flexibility index (Phi) is 2.60. The highest BCUT2D eigenvalue weighted by Gasteiger charge is 2.05. The van der Waals surface area contributed by atoms with Gasteiger partial charge in [-0.3, -0.25) is 0 Å². The van der Waals surface area contributed by atoms with Gasteiger partial charge in [0.25, 0.3) is 0 Å². The van der Waals surface area contributed by atoms with Gasteiger partial charge in [-0.1, -0.05) is 0 Å². The Morgan fingerprint density at radius 3 is 3.25 bits per heavy atom. The standard InChI is InChI=1S/C10H11N5O/c1-3-4-5-11-8-6-9-13-14-10(16)15(9)7(2)12-8/h1,6,11H,4-5H2,2H3,(H,14,16). The Hall–Kier alpha value is -2.29. The summed E-state index contributed by atoms with van der Waals surface area (Å²) in [5, 5.41) is 9.31. The molecule has 0 spiro atoms. The summed E-state index contributed by atoms with van der Waals surface area (Å²) in [6.45, 7) is 2.39. The molecule has 2 N–H and O–H groups in total. The van der Waals surface area contributed by atoms with E-state index in [1.165, 1.54) is 4.40 Å². The molecule has 0 aliphatic heterocycles. The van der Waals surface area contributed by atoms with Crippen LogP contribution < -0.4 is 11.0 Å². The number of nitrogens with zero attached hydrogens (tertiary/aromatic N) is 3. The molecule has 6 heteroatoms. The largest absolute Gasteiger partial charge is 0.369 e. The Balaban J connectivity index is 2.36. The molecule has 0 aromatic carbocycles. The van der Waals surface area contributed by atoms with E-state index in [4.69, 9.17) is 6.42 Å². The first kappa shape index (κ1) is 10.2. The summed E-state index contributed by atoms with van der Waals surface area (Å²) in [6.07, 6.45) is 5.77. The van der Waals surface area contributed by atoms with E-state index in [2.05, 4.69) is 26.4 Å². The predicted molar refractivity (Wildman–Crippen MR) is 60.3 cm³/mol. The van der Waals surface area contributed by atoms with E-state index in [-0.39, 0.29) is 5.69 Å². The molecule has 6 nitrogen and oxygen atoms in total. The van der Waals surface area contributed by atoms with E-state index in [0.717, 1.165) is 0 Å². The second-order valence-corrected chi connectivity index (χ2v) is 3.29. The molecule has 2 aromatic rings. The molecule has 0 fully saturated rings. The molecule has 0 radical (unpaired) electrons. The first-order valence-electron chi connectivity index (χ1n) is 4.84. The molecule has 82 valence electrons. The normalized spacial score (nSPS) is 10.2. The molecule has 2 aromatic heterocycles. The van der Waals surface area contributed by atoms with Crippen LogP contribution in [0.5, 0.6) is 0 Å². The Bertz CT molecular complexity index is 604. The molecule has 0 atom stereocenters. The zero-order valence-electron chi connectivity index (χ0n) is 8.82. The van der Waals surface area contributed by atoms with Crippen LogP contribution in [0.3, 0.4) is 0 Å². The maximum absolute atomic E-state index is 11.3. The van der Waals surface area contributed by atoms with Gasteiger partial charge in [0.15, 0.2) is 5.65 Å². The van der Waals surface area contributed by atoms with Gasteiger partial charge in [0.1, 0.15) is 11.6 Å². The topological polar surface area (TPSA) is 75.1 Å². The molecule has 0 aliphatic rings. The fourth-order valence-electron chi connectivity index (χ4n) is 1.45. The van der Waals surface area contributed by atoms with Crippen molar-refractivity contribution in [2.24, 2.45) is 0 Å². The third-order valence-corrected chi connectivity index (χ3v) is 2.15. The van der Waals surface area contributed by atoms with Crippen LogP contribution in [0.2, 0.25) is 0 Å². The molecule has 0 bridgehead atoms. The summed E-state index contributed by atoms with van der Waals surface area (Å²) in [4.78, 5) is 15.6. The molecule has 0 saturated heterocycles. The number of anilines is 1. The smallest absolute Gasteiger partial charge is 0.349 e. The second-order valence-electron chi connectivity index (χ2n) is 3.29. The summed E-state index contributed by atoms with van der Waals surface area (Å²) in [6, 6.07) is 1.70. The predicted octanol–water partition coefficient (Wildman–Crippen LogP) is 0.161. The van der Waals surface area contributed by atoms with Gasteiger partial charge in [0, 0.05) is 19.0 Å². The van der Waals surface area contributed by atoms with E-state index in [1.807, 2.05) is 0 Å². The number of hydrogen-bond acceptors (Lipinski definition) is 4. The van der Waals surface area contributed by atoms with Crippen molar-refractivity contribution in [2.75, 3.05) is 11.9 Å². The minimum Gasteiger partial charge on any atom is -0.369 e. The van der Waals surface area contributed by atoms with Crippen molar-refractivity contribution in [3.63, 3.8) is 0 Å². The van der Waals surface area contributed by atoms with Crippen LogP contribution in [0, 0.1) is 19.3 Å². The first-order chi connectivity index (χ1) is 7.72. The summed E-state index contributed by atoms with van der Waals surface area (Å²) in [7, 11) is 0. The second kappa shape index (κ2) is 4.06. The van der Waals surface area contributed by atoms with Gasteiger partial charge < -0.3 is 5.32 Å². The maximum Gasteiger partial charge on any atom is 0.349 e. The number of terminal acetylenes is 1. The van der Waals surface area contributed by atoms with Gasteiger partial charge in [-0.05, 0) is 6.92 Å². The van der Waals surface area contributed by atoms with Gasteiger partial charge in [0.05, 0.1) is 0 Å². The number of aromatic nitrogens is 4. The SMILES string of the molecule is C#CCCNc1cc2n[nH]c(=O)n2c(C)n1. The number of nitrogens with one attached hydrogen (secondary N) is 2. The Labute approximate surface area is 91.7 Å². The van der Waals surface area contributed by atoms with Crippen molar-refractivity contribution in [2.45, 2.75) is 13.3 Å². The van der Waals surface area contributed by atoms with Crippen molar-refractivity contribution >= 4 is 11.5 Å². The summed E-state index contributed by atoms with van der Waals surface area (Å²) in [5.41, 5.74) is 0.260.